The molecule has 30 heavy (non-hydrogen) atoms. The highest BCUT2D eigenvalue weighted by atomic mass is 32.1. The number of aliphatic hydroxyl groups is 1. The van der Waals surface area contributed by atoms with E-state index in [0.29, 0.717) is 28.3 Å². The first-order valence-electron chi connectivity index (χ1n) is 9.43. The Morgan fingerprint density at radius 1 is 1.33 bits per heavy atom. The first kappa shape index (κ1) is 21.5. The van der Waals surface area contributed by atoms with Crippen LogP contribution < -0.4 is 21.1 Å². The number of thiophene rings is 1. The number of hydrogen-bond acceptors (Lipinski definition) is 7. The standard InChI is InChI=1S/C21H25N5O3S/c1-12-6-8-30-18(12)14-9-17(19(26(3)4)25-20(14)28)24-16-5-7-22-10-15(16)21(29)23-13(2)11-27/h5-10,13,27H,11H2,1-4H3,(H,22,24)(H,23,29)(H,25,28). The van der Waals surface area contributed by atoms with Gasteiger partial charge in [0, 0.05) is 37.4 Å². The molecule has 0 spiro atoms. The van der Waals surface area contributed by atoms with E-state index in [1.54, 1.807) is 30.2 Å². The maximum Gasteiger partial charge on any atom is 0.258 e. The van der Waals surface area contributed by atoms with Gasteiger partial charge in [-0.3, -0.25) is 14.6 Å². The van der Waals surface area contributed by atoms with Gasteiger partial charge in [0.15, 0.2) is 0 Å². The molecule has 0 aliphatic rings. The Labute approximate surface area is 178 Å². The van der Waals surface area contributed by atoms with Crippen molar-refractivity contribution >= 4 is 34.4 Å². The van der Waals surface area contributed by atoms with E-state index in [-0.39, 0.29) is 24.1 Å². The second-order valence-corrected chi connectivity index (χ2v) is 8.12. The molecule has 0 aliphatic heterocycles. The number of nitrogens with one attached hydrogen (secondary N) is 3. The molecule has 3 heterocycles. The number of carbonyl (C=O) groups excluding carboxylic acids is 1. The zero-order valence-corrected chi connectivity index (χ0v) is 18.1. The molecule has 9 heteroatoms. The van der Waals surface area contributed by atoms with Gasteiger partial charge in [-0.25, -0.2) is 0 Å². The Bertz CT molecular complexity index is 1110. The van der Waals surface area contributed by atoms with Crippen molar-refractivity contribution in [2.75, 3.05) is 30.9 Å². The third kappa shape index (κ3) is 4.52. The first-order chi connectivity index (χ1) is 14.3. The molecular formula is C21H25N5O3S. The van der Waals surface area contributed by atoms with Crippen LogP contribution in [0.4, 0.5) is 17.2 Å². The molecule has 3 aromatic rings. The van der Waals surface area contributed by atoms with Gasteiger partial charge in [-0.05, 0) is 43.0 Å². The maximum absolute atomic E-state index is 12.7. The van der Waals surface area contributed by atoms with E-state index in [9.17, 15) is 14.7 Å². The molecule has 158 valence electrons. The van der Waals surface area contributed by atoms with Crippen molar-refractivity contribution in [3.63, 3.8) is 0 Å². The smallest absolute Gasteiger partial charge is 0.258 e. The predicted octanol–water partition coefficient (Wildman–Crippen LogP) is 2.73. The van der Waals surface area contributed by atoms with Gasteiger partial charge >= 0.3 is 0 Å². The van der Waals surface area contributed by atoms with Gasteiger partial charge in [0.05, 0.1) is 29.1 Å². The van der Waals surface area contributed by atoms with Crippen molar-refractivity contribution in [2.45, 2.75) is 19.9 Å². The summed E-state index contributed by atoms with van der Waals surface area (Å²) in [5.41, 5.74) is 2.93. The van der Waals surface area contributed by atoms with Crippen LogP contribution in [-0.4, -0.2) is 47.7 Å². The van der Waals surface area contributed by atoms with Gasteiger partial charge in [0.25, 0.3) is 11.5 Å². The van der Waals surface area contributed by atoms with Crippen LogP contribution in [0, 0.1) is 6.92 Å². The number of hydrogen-bond donors (Lipinski definition) is 4. The van der Waals surface area contributed by atoms with E-state index in [0.717, 1.165) is 10.4 Å². The molecule has 3 rings (SSSR count). The number of H-pyrrole nitrogens is 1. The molecule has 0 aliphatic carbocycles. The number of aromatic amines is 1. The molecule has 1 atom stereocenters. The quantitative estimate of drug-likeness (QED) is 0.462. The molecule has 8 nitrogen and oxygen atoms in total. The highest BCUT2D eigenvalue weighted by Gasteiger charge is 2.18. The van der Waals surface area contributed by atoms with Gasteiger partial charge in [-0.2, -0.15) is 0 Å². The van der Waals surface area contributed by atoms with Crippen molar-refractivity contribution < 1.29 is 9.90 Å². The molecule has 4 N–H and O–H groups in total. The summed E-state index contributed by atoms with van der Waals surface area (Å²) in [5, 5.41) is 17.2. The number of carbonyl (C=O) groups is 1. The first-order valence-corrected chi connectivity index (χ1v) is 10.3. The minimum Gasteiger partial charge on any atom is -0.394 e. The molecule has 0 bridgehead atoms. The number of amides is 1. The molecule has 0 aromatic carbocycles. The summed E-state index contributed by atoms with van der Waals surface area (Å²) >= 11 is 1.50. The van der Waals surface area contributed by atoms with Crippen molar-refractivity contribution in [3.8, 4) is 10.4 Å². The minimum absolute atomic E-state index is 0.164. The van der Waals surface area contributed by atoms with Gasteiger partial charge < -0.3 is 25.6 Å². The van der Waals surface area contributed by atoms with E-state index < -0.39 is 0 Å². The third-order valence-electron chi connectivity index (χ3n) is 4.56. The van der Waals surface area contributed by atoms with Gasteiger partial charge in [0.2, 0.25) is 0 Å². The lowest BCUT2D eigenvalue weighted by Gasteiger charge is -2.20. The van der Waals surface area contributed by atoms with Crippen LogP contribution in [0.3, 0.4) is 0 Å². The lowest BCUT2D eigenvalue weighted by atomic mass is 10.1. The van der Waals surface area contributed by atoms with Gasteiger partial charge in [-0.1, -0.05) is 0 Å². The topological polar surface area (TPSA) is 110 Å². The number of aliphatic hydroxyl groups excluding tert-OH is 1. The highest BCUT2D eigenvalue weighted by molar-refractivity contribution is 7.13. The molecule has 3 aromatic heterocycles. The summed E-state index contributed by atoms with van der Waals surface area (Å²) in [5.74, 6) is 0.238. The SMILES string of the molecule is Cc1ccsc1-c1cc(Nc2ccncc2C(=O)NC(C)CO)c(N(C)C)[nH]c1=O. The molecule has 0 radical (unpaired) electrons. The predicted molar refractivity (Wildman–Crippen MR) is 121 cm³/mol. The highest BCUT2D eigenvalue weighted by Crippen LogP contribution is 2.33. The Morgan fingerprint density at radius 3 is 2.73 bits per heavy atom. The van der Waals surface area contributed by atoms with Crippen LogP contribution in [0.1, 0.15) is 22.8 Å². The molecular weight excluding hydrogens is 402 g/mol. The summed E-state index contributed by atoms with van der Waals surface area (Å²) in [6, 6.07) is 5.08. The zero-order valence-electron chi connectivity index (χ0n) is 17.3. The van der Waals surface area contributed by atoms with E-state index in [4.69, 9.17) is 0 Å². The van der Waals surface area contributed by atoms with Crippen LogP contribution in [0.5, 0.6) is 0 Å². The Kier molecular flexibility index (Phi) is 6.53. The van der Waals surface area contributed by atoms with E-state index in [2.05, 4.69) is 20.6 Å². The van der Waals surface area contributed by atoms with E-state index in [1.807, 2.05) is 32.5 Å². The number of rotatable bonds is 7. The molecule has 1 amide bonds. The summed E-state index contributed by atoms with van der Waals surface area (Å²) in [7, 11) is 3.66. The lowest BCUT2D eigenvalue weighted by Crippen LogP contribution is -2.35. The van der Waals surface area contributed by atoms with Crippen LogP contribution in [0.15, 0.2) is 40.8 Å². The number of aromatic nitrogens is 2. The maximum atomic E-state index is 12.7. The fourth-order valence-corrected chi connectivity index (χ4v) is 3.90. The average molecular weight is 428 g/mol. The fraction of sp³-hybridized carbons (Fsp3) is 0.286. The second kappa shape index (κ2) is 9.10. The Hall–Kier alpha value is -3.17. The van der Waals surface area contributed by atoms with Gasteiger partial charge in [0.1, 0.15) is 5.82 Å². The Morgan fingerprint density at radius 2 is 2.10 bits per heavy atom. The normalized spacial score (nSPS) is 11.8. The lowest BCUT2D eigenvalue weighted by molar-refractivity contribution is 0.0923. The van der Waals surface area contributed by atoms with Crippen molar-refractivity contribution in [1.29, 1.82) is 0 Å². The van der Waals surface area contributed by atoms with Crippen molar-refractivity contribution in [3.05, 3.63) is 57.5 Å². The van der Waals surface area contributed by atoms with Crippen molar-refractivity contribution in [2.24, 2.45) is 0 Å². The van der Waals surface area contributed by atoms with Crippen LogP contribution in [-0.2, 0) is 0 Å². The summed E-state index contributed by atoms with van der Waals surface area (Å²) in [6.07, 6.45) is 3.05. The minimum atomic E-state index is -0.385. The largest absolute Gasteiger partial charge is 0.394 e. The van der Waals surface area contributed by atoms with E-state index >= 15 is 0 Å². The summed E-state index contributed by atoms with van der Waals surface area (Å²) in [6.45, 7) is 3.51. The zero-order chi connectivity index (χ0) is 21.8. The average Bonchev–Trinajstić information content (AvgIpc) is 3.14. The fourth-order valence-electron chi connectivity index (χ4n) is 2.96. The van der Waals surface area contributed by atoms with Crippen LogP contribution >= 0.6 is 11.3 Å². The number of aryl methyl sites for hydroxylation is 1. The van der Waals surface area contributed by atoms with Crippen LogP contribution in [0.25, 0.3) is 10.4 Å². The second-order valence-electron chi connectivity index (χ2n) is 7.20. The summed E-state index contributed by atoms with van der Waals surface area (Å²) in [4.78, 5) is 35.0. The molecule has 0 fully saturated rings. The number of pyridine rings is 2. The third-order valence-corrected chi connectivity index (χ3v) is 5.61. The Balaban J connectivity index is 2.06. The van der Waals surface area contributed by atoms with Crippen LogP contribution in [0.2, 0.25) is 0 Å². The van der Waals surface area contributed by atoms with E-state index in [1.165, 1.54) is 17.5 Å². The number of anilines is 3. The molecule has 0 saturated carbocycles. The summed E-state index contributed by atoms with van der Waals surface area (Å²) < 4.78 is 0. The van der Waals surface area contributed by atoms with Gasteiger partial charge in [-0.15, -0.1) is 11.3 Å². The monoisotopic (exact) mass is 427 g/mol. The van der Waals surface area contributed by atoms with Crippen molar-refractivity contribution in [1.82, 2.24) is 15.3 Å². The number of nitrogens with zero attached hydrogens (tertiary/aromatic N) is 2. The molecule has 1 unspecified atom stereocenters. The molecule has 0 saturated heterocycles.